The summed E-state index contributed by atoms with van der Waals surface area (Å²) in [5, 5.41) is 12.1. The predicted molar refractivity (Wildman–Crippen MR) is 93.1 cm³/mol. The number of piperazine rings is 1. The van der Waals surface area contributed by atoms with E-state index in [0.29, 0.717) is 32.7 Å². The van der Waals surface area contributed by atoms with Gasteiger partial charge < -0.3 is 10.0 Å². The number of carbonyl (C=O) groups excluding carboxylic acids is 1. The number of rotatable bonds is 4. The Hall–Kier alpha value is -1.90. The maximum atomic E-state index is 13.1. The molecule has 2 aromatic rings. The molecule has 1 atom stereocenters. The van der Waals surface area contributed by atoms with Gasteiger partial charge in [0, 0.05) is 37.6 Å². The van der Waals surface area contributed by atoms with E-state index in [1.165, 1.54) is 34.4 Å². The molecule has 1 aliphatic heterocycles. The molecule has 8 heteroatoms. The Morgan fingerprint density at radius 3 is 2.42 bits per heavy atom. The summed E-state index contributed by atoms with van der Waals surface area (Å²) in [4.78, 5) is 16.9. The first kappa shape index (κ1) is 18.9. The topological polar surface area (TPSA) is 43.8 Å². The van der Waals surface area contributed by atoms with E-state index in [2.05, 4.69) is 0 Å². The number of thiophene rings is 1. The number of aliphatic hydroxyl groups is 1. The summed E-state index contributed by atoms with van der Waals surface area (Å²) in [6, 6.07) is 8.61. The zero-order valence-electron chi connectivity index (χ0n) is 13.9. The first-order valence-electron chi connectivity index (χ1n) is 8.25. The van der Waals surface area contributed by atoms with Gasteiger partial charge in [0.1, 0.15) is 6.10 Å². The third-order valence-corrected chi connectivity index (χ3v) is 5.40. The zero-order chi connectivity index (χ0) is 18.7. The average molecular weight is 384 g/mol. The Morgan fingerprint density at radius 1 is 1.12 bits per heavy atom. The van der Waals surface area contributed by atoms with Crippen molar-refractivity contribution in [1.82, 2.24) is 9.80 Å². The lowest BCUT2D eigenvalue weighted by Gasteiger charge is -2.35. The van der Waals surface area contributed by atoms with Crippen LogP contribution in [0.25, 0.3) is 0 Å². The van der Waals surface area contributed by atoms with E-state index in [4.69, 9.17) is 0 Å². The lowest BCUT2D eigenvalue weighted by atomic mass is 10.1. The maximum absolute atomic E-state index is 13.1. The number of carbonyl (C=O) groups is 1. The Kier molecular flexibility index (Phi) is 5.64. The third-order valence-electron chi connectivity index (χ3n) is 4.43. The maximum Gasteiger partial charge on any atom is 0.417 e. The predicted octanol–water partition coefficient (Wildman–Crippen LogP) is 3.26. The fourth-order valence-electron chi connectivity index (χ4n) is 3.04. The van der Waals surface area contributed by atoms with Crippen molar-refractivity contribution in [3.63, 3.8) is 0 Å². The Morgan fingerprint density at radius 2 is 1.81 bits per heavy atom. The van der Waals surface area contributed by atoms with E-state index in [0.717, 1.165) is 10.9 Å². The van der Waals surface area contributed by atoms with Crippen LogP contribution in [0, 0.1) is 0 Å². The summed E-state index contributed by atoms with van der Waals surface area (Å²) in [5.41, 5.74) is -1.22. The van der Waals surface area contributed by atoms with Crippen LogP contribution < -0.4 is 0 Å². The molecular formula is C18H19F3N2O2S. The summed E-state index contributed by atoms with van der Waals surface area (Å²) in [6.07, 6.45) is -5.15. The molecule has 1 aromatic carbocycles. The van der Waals surface area contributed by atoms with Gasteiger partial charge in [-0.15, -0.1) is 11.3 Å². The highest BCUT2D eigenvalue weighted by molar-refractivity contribution is 7.10. The number of β-amino-alcohol motifs (C(OH)–C–C–N with tert-alkyl or cyclic N) is 1. The van der Waals surface area contributed by atoms with Crippen LogP contribution in [0.5, 0.6) is 0 Å². The Bertz CT molecular complexity index is 741. The van der Waals surface area contributed by atoms with Gasteiger partial charge in [-0.3, -0.25) is 9.69 Å². The van der Waals surface area contributed by atoms with Crippen LogP contribution in [0.3, 0.4) is 0 Å². The molecule has 1 N–H and O–H groups in total. The van der Waals surface area contributed by atoms with Gasteiger partial charge in [-0.2, -0.15) is 13.2 Å². The van der Waals surface area contributed by atoms with E-state index >= 15 is 0 Å². The highest BCUT2D eigenvalue weighted by Crippen LogP contribution is 2.32. The second-order valence-electron chi connectivity index (χ2n) is 6.17. The lowest BCUT2D eigenvalue weighted by Crippen LogP contribution is -2.49. The number of amides is 1. The summed E-state index contributed by atoms with van der Waals surface area (Å²) < 4.78 is 39.3. The fourth-order valence-corrected chi connectivity index (χ4v) is 3.74. The van der Waals surface area contributed by atoms with Crippen LogP contribution >= 0.6 is 11.3 Å². The number of hydrogen-bond donors (Lipinski definition) is 1. The molecule has 0 aliphatic carbocycles. The van der Waals surface area contributed by atoms with Crippen molar-refractivity contribution in [2.24, 2.45) is 0 Å². The van der Waals surface area contributed by atoms with Crippen molar-refractivity contribution < 1.29 is 23.1 Å². The largest absolute Gasteiger partial charge is 0.417 e. The first-order chi connectivity index (χ1) is 12.4. The van der Waals surface area contributed by atoms with Crippen LogP contribution in [-0.2, 0) is 6.18 Å². The Balaban J connectivity index is 1.61. The van der Waals surface area contributed by atoms with Crippen molar-refractivity contribution in [3.05, 3.63) is 57.8 Å². The third kappa shape index (κ3) is 4.25. The summed E-state index contributed by atoms with van der Waals surface area (Å²) in [6.45, 7) is 2.15. The highest BCUT2D eigenvalue weighted by atomic mass is 32.1. The molecule has 1 amide bonds. The van der Waals surface area contributed by atoms with Gasteiger partial charge in [0.05, 0.1) is 11.1 Å². The monoisotopic (exact) mass is 384 g/mol. The molecule has 1 saturated heterocycles. The molecule has 2 heterocycles. The van der Waals surface area contributed by atoms with E-state index in [-0.39, 0.29) is 5.56 Å². The van der Waals surface area contributed by atoms with E-state index in [1.807, 2.05) is 22.4 Å². The standard InChI is InChI=1S/C18H19F3N2O2S/c19-18(20,21)14-5-2-1-4-13(14)17(25)23-9-7-22(8-10-23)12-15(24)16-6-3-11-26-16/h1-6,11,15,24H,7-10,12H2/t15-/m0/s1. The van der Waals surface area contributed by atoms with Crippen LogP contribution in [0.2, 0.25) is 0 Å². The minimum atomic E-state index is -4.56. The van der Waals surface area contributed by atoms with Gasteiger partial charge in [-0.1, -0.05) is 18.2 Å². The molecule has 0 spiro atoms. The van der Waals surface area contributed by atoms with Gasteiger partial charge in [0.15, 0.2) is 0 Å². The van der Waals surface area contributed by atoms with Gasteiger partial charge in [0.25, 0.3) is 5.91 Å². The van der Waals surface area contributed by atoms with E-state index in [9.17, 15) is 23.1 Å². The number of hydrogen-bond acceptors (Lipinski definition) is 4. The smallest absolute Gasteiger partial charge is 0.386 e. The molecule has 3 rings (SSSR count). The number of aliphatic hydroxyl groups excluding tert-OH is 1. The van der Waals surface area contributed by atoms with Crippen molar-refractivity contribution >= 4 is 17.2 Å². The van der Waals surface area contributed by atoms with Crippen LogP contribution in [0.1, 0.15) is 26.9 Å². The molecule has 1 aromatic heterocycles. The van der Waals surface area contributed by atoms with Gasteiger partial charge >= 0.3 is 6.18 Å². The van der Waals surface area contributed by atoms with Crippen molar-refractivity contribution in [2.45, 2.75) is 12.3 Å². The number of nitrogens with zero attached hydrogens (tertiary/aromatic N) is 2. The molecule has 140 valence electrons. The SMILES string of the molecule is O=C(c1ccccc1C(F)(F)F)N1CCN(C[C@H](O)c2cccs2)CC1. The lowest BCUT2D eigenvalue weighted by molar-refractivity contribution is -0.138. The highest BCUT2D eigenvalue weighted by Gasteiger charge is 2.36. The molecule has 0 bridgehead atoms. The molecule has 0 saturated carbocycles. The molecule has 0 radical (unpaired) electrons. The summed E-state index contributed by atoms with van der Waals surface area (Å²) in [5.74, 6) is -0.601. The minimum absolute atomic E-state index is 0.313. The van der Waals surface area contributed by atoms with Crippen LogP contribution in [0.15, 0.2) is 41.8 Å². The van der Waals surface area contributed by atoms with Crippen molar-refractivity contribution in [1.29, 1.82) is 0 Å². The second kappa shape index (κ2) is 7.77. The molecule has 1 aliphatic rings. The molecule has 0 unspecified atom stereocenters. The van der Waals surface area contributed by atoms with Gasteiger partial charge in [0.2, 0.25) is 0 Å². The zero-order valence-corrected chi connectivity index (χ0v) is 14.8. The van der Waals surface area contributed by atoms with Crippen molar-refractivity contribution in [3.8, 4) is 0 Å². The molecule has 4 nitrogen and oxygen atoms in total. The second-order valence-corrected chi connectivity index (χ2v) is 7.15. The first-order valence-corrected chi connectivity index (χ1v) is 9.13. The fraction of sp³-hybridized carbons (Fsp3) is 0.389. The minimum Gasteiger partial charge on any atom is -0.386 e. The van der Waals surface area contributed by atoms with Crippen LogP contribution in [-0.4, -0.2) is 53.5 Å². The number of alkyl halides is 3. The molecule has 26 heavy (non-hydrogen) atoms. The molecular weight excluding hydrogens is 365 g/mol. The number of halogens is 3. The summed E-state index contributed by atoms with van der Waals surface area (Å²) in [7, 11) is 0. The summed E-state index contributed by atoms with van der Waals surface area (Å²) >= 11 is 1.48. The quantitative estimate of drug-likeness (QED) is 0.880. The average Bonchev–Trinajstić information content (AvgIpc) is 3.16. The van der Waals surface area contributed by atoms with Crippen molar-refractivity contribution in [2.75, 3.05) is 32.7 Å². The Labute approximate surface area is 153 Å². The van der Waals surface area contributed by atoms with Crippen LogP contribution in [0.4, 0.5) is 13.2 Å². The van der Waals surface area contributed by atoms with E-state index in [1.54, 1.807) is 0 Å². The van der Waals surface area contributed by atoms with E-state index < -0.39 is 23.8 Å². The van der Waals surface area contributed by atoms with Gasteiger partial charge in [-0.05, 0) is 23.6 Å². The molecule has 1 fully saturated rings. The van der Waals surface area contributed by atoms with Gasteiger partial charge in [-0.25, -0.2) is 0 Å². The normalized spacial score (nSPS) is 17.3. The number of benzene rings is 1.